The van der Waals surface area contributed by atoms with E-state index in [1.807, 2.05) is 0 Å². The second-order valence-corrected chi connectivity index (χ2v) is 4.59. The number of carbonyl (C=O) groups excluding carboxylic acids is 1. The summed E-state index contributed by atoms with van der Waals surface area (Å²) in [5.74, 6) is -1.56. The standard InChI is InChI=1S/C13H17FO4/c1-4-18-12(17)13(2,3)11(16)8-5-9(14)7-10(15)6-8/h5-7,11,15-16H,4H2,1-3H3. The number of halogens is 1. The normalized spacial score (nSPS) is 13.2. The minimum Gasteiger partial charge on any atom is -0.508 e. The van der Waals surface area contributed by atoms with E-state index in [1.54, 1.807) is 6.92 Å². The van der Waals surface area contributed by atoms with E-state index < -0.39 is 23.3 Å². The second-order valence-electron chi connectivity index (χ2n) is 4.59. The Morgan fingerprint density at radius 2 is 2.06 bits per heavy atom. The third-order valence-corrected chi connectivity index (χ3v) is 2.71. The number of phenolic OH excluding ortho intramolecular Hbond substituents is 1. The molecule has 1 aromatic rings. The summed E-state index contributed by atoms with van der Waals surface area (Å²) in [5, 5.41) is 19.4. The average Bonchev–Trinajstić information content (AvgIpc) is 2.26. The predicted molar refractivity (Wildman–Crippen MR) is 63.4 cm³/mol. The van der Waals surface area contributed by atoms with Crippen LogP contribution < -0.4 is 0 Å². The molecule has 0 aliphatic carbocycles. The molecule has 0 aliphatic heterocycles. The number of benzene rings is 1. The number of phenols is 1. The summed E-state index contributed by atoms with van der Waals surface area (Å²) in [4.78, 5) is 11.7. The predicted octanol–water partition coefficient (Wildman–Crippen LogP) is 2.15. The molecule has 0 radical (unpaired) electrons. The number of aliphatic hydroxyl groups is 1. The maximum absolute atomic E-state index is 13.1. The summed E-state index contributed by atoms with van der Waals surface area (Å²) in [6, 6.07) is 3.22. The van der Waals surface area contributed by atoms with Gasteiger partial charge in [-0.1, -0.05) is 0 Å². The van der Waals surface area contributed by atoms with E-state index in [4.69, 9.17) is 4.74 Å². The van der Waals surface area contributed by atoms with Gasteiger partial charge in [-0.15, -0.1) is 0 Å². The highest BCUT2D eigenvalue weighted by molar-refractivity contribution is 5.77. The van der Waals surface area contributed by atoms with Gasteiger partial charge in [0.15, 0.2) is 0 Å². The first kappa shape index (κ1) is 14.4. The van der Waals surface area contributed by atoms with Gasteiger partial charge in [0, 0.05) is 6.07 Å². The molecule has 5 heteroatoms. The van der Waals surface area contributed by atoms with Crippen LogP contribution in [0.15, 0.2) is 18.2 Å². The van der Waals surface area contributed by atoms with Crippen LogP contribution in [0.1, 0.15) is 32.4 Å². The van der Waals surface area contributed by atoms with E-state index in [2.05, 4.69) is 0 Å². The number of rotatable bonds is 4. The second kappa shape index (κ2) is 5.35. The molecule has 1 rings (SSSR count). The fourth-order valence-corrected chi connectivity index (χ4v) is 1.60. The van der Waals surface area contributed by atoms with Crippen molar-refractivity contribution in [2.24, 2.45) is 5.41 Å². The van der Waals surface area contributed by atoms with Crippen LogP contribution in [-0.2, 0) is 9.53 Å². The van der Waals surface area contributed by atoms with E-state index in [0.29, 0.717) is 0 Å². The quantitative estimate of drug-likeness (QED) is 0.810. The van der Waals surface area contributed by atoms with Crippen molar-refractivity contribution in [2.45, 2.75) is 26.9 Å². The Balaban J connectivity index is 3.04. The zero-order chi connectivity index (χ0) is 13.9. The van der Waals surface area contributed by atoms with E-state index in [1.165, 1.54) is 19.9 Å². The van der Waals surface area contributed by atoms with Crippen LogP contribution in [0.4, 0.5) is 4.39 Å². The van der Waals surface area contributed by atoms with E-state index in [0.717, 1.165) is 12.1 Å². The summed E-state index contributed by atoms with van der Waals surface area (Å²) in [6.07, 6.45) is -1.27. The Kier molecular flexibility index (Phi) is 4.29. The summed E-state index contributed by atoms with van der Waals surface area (Å²) in [6.45, 7) is 4.85. The maximum Gasteiger partial charge on any atom is 0.314 e. The molecule has 18 heavy (non-hydrogen) atoms. The van der Waals surface area contributed by atoms with Gasteiger partial charge in [-0.05, 0) is 38.5 Å². The monoisotopic (exact) mass is 256 g/mol. The SMILES string of the molecule is CCOC(=O)C(C)(C)C(O)c1cc(O)cc(F)c1. The molecule has 2 N–H and O–H groups in total. The Morgan fingerprint density at radius 1 is 1.44 bits per heavy atom. The molecule has 0 aromatic heterocycles. The fraction of sp³-hybridized carbons (Fsp3) is 0.462. The Morgan fingerprint density at radius 3 is 2.56 bits per heavy atom. The molecule has 0 fully saturated rings. The lowest BCUT2D eigenvalue weighted by molar-refractivity contribution is -0.160. The van der Waals surface area contributed by atoms with Crippen LogP contribution >= 0.6 is 0 Å². The molecular formula is C13H17FO4. The molecule has 0 saturated carbocycles. The Bertz CT molecular complexity index is 422. The van der Waals surface area contributed by atoms with Gasteiger partial charge in [0.1, 0.15) is 11.6 Å². The molecule has 0 spiro atoms. The van der Waals surface area contributed by atoms with Gasteiger partial charge in [0.2, 0.25) is 0 Å². The average molecular weight is 256 g/mol. The van der Waals surface area contributed by atoms with Gasteiger partial charge < -0.3 is 14.9 Å². The van der Waals surface area contributed by atoms with Crippen molar-refractivity contribution in [2.75, 3.05) is 6.61 Å². The van der Waals surface area contributed by atoms with E-state index in [9.17, 15) is 19.4 Å². The van der Waals surface area contributed by atoms with Crippen LogP contribution in [0.3, 0.4) is 0 Å². The van der Waals surface area contributed by atoms with Gasteiger partial charge in [-0.2, -0.15) is 0 Å². The minimum atomic E-state index is -1.27. The summed E-state index contributed by atoms with van der Waals surface area (Å²) < 4.78 is 18.0. The lowest BCUT2D eigenvalue weighted by Crippen LogP contribution is -2.33. The van der Waals surface area contributed by atoms with Gasteiger partial charge in [-0.3, -0.25) is 4.79 Å². The first-order valence-electron chi connectivity index (χ1n) is 5.63. The van der Waals surface area contributed by atoms with Crippen molar-refractivity contribution < 1.29 is 24.1 Å². The Hall–Kier alpha value is -1.62. The minimum absolute atomic E-state index is 0.130. The molecule has 1 aromatic carbocycles. The van der Waals surface area contributed by atoms with Gasteiger partial charge in [0.25, 0.3) is 0 Å². The van der Waals surface area contributed by atoms with Crippen LogP contribution in [0.2, 0.25) is 0 Å². The van der Waals surface area contributed by atoms with Crippen molar-refractivity contribution >= 4 is 5.97 Å². The largest absolute Gasteiger partial charge is 0.508 e. The van der Waals surface area contributed by atoms with E-state index >= 15 is 0 Å². The topological polar surface area (TPSA) is 66.8 Å². The van der Waals surface area contributed by atoms with Crippen molar-refractivity contribution in [1.29, 1.82) is 0 Å². The molecule has 0 aliphatic rings. The third kappa shape index (κ3) is 2.98. The summed E-state index contributed by atoms with van der Waals surface area (Å²) >= 11 is 0. The zero-order valence-electron chi connectivity index (χ0n) is 10.6. The van der Waals surface area contributed by atoms with Crippen molar-refractivity contribution in [3.8, 4) is 5.75 Å². The molecule has 0 amide bonds. The smallest absolute Gasteiger partial charge is 0.314 e. The van der Waals surface area contributed by atoms with Gasteiger partial charge in [0.05, 0.1) is 18.1 Å². The highest BCUT2D eigenvalue weighted by Gasteiger charge is 2.38. The maximum atomic E-state index is 13.1. The highest BCUT2D eigenvalue weighted by atomic mass is 19.1. The Labute approximate surface area is 105 Å². The van der Waals surface area contributed by atoms with Gasteiger partial charge in [-0.25, -0.2) is 4.39 Å². The lowest BCUT2D eigenvalue weighted by atomic mass is 9.82. The van der Waals surface area contributed by atoms with Crippen molar-refractivity contribution in [3.05, 3.63) is 29.6 Å². The number of aliphatic hydroxyl groups excluding tert-OH is 1. The van der Waals surface area contributed by atoms with E-state index in [-0.39, 0.29) is 17.9 Å². The molecule has 100 valence electrons. The first-order chi connectivity index (χ1) is 8.28. The summed E-state index contributed by atoms with van der Waals surface area (Å²) in [7, 11) is 0. The number of aromatic hydroxyl groups is 1. The number of carbonyl (C=O) groups is 1. The lowest BCUT2D eigenvalue weighted by Gasteiger charge is -2.28. The molecule has 1 unspecified atom stereocenters. The third-order valence-electron chi connectivity index (χ3n) is 2.71. The first-order valence-corrected chi connectivity index (χ1v) is 5.63. The fourth-order valence-electron chi connectivity index (χ4n) is 1.60. The molecule has 4 nitrogen and oxygen atoms in total. The number of ether oxygens (including phenoxy) is 1. The molecule has 1 atom stereocenters. The van der Waals surface area contributed by atoms with Crippen LogP contribution in [0.5, 0.6) is 5.75 Å². The summed E-state index contributed by atoms with van der Waals surface area (Å²) in [5.41, 5.74) is -1.10. The molecule has 0 bridgehead atoms. The zero-order valence-corrected chi connectivity index (χ0v) is 10.6. The van der Waals surface area contributed by atoms with Crippen molar-refractivity contribution in [1.82, 2.24) is 0 Å². The molecular weight excluding hydrogens is 239 g/mol. The van der Waals surface area contributed by atoms with Crippen LogP contribution in [0, 0.1) is 11.2 Å². The molecule has 0 heterocycles. The van der Waals surface area contributed by atoms with Gasteiger partial charge >= 0.3 is 5.97 Å². The number of hydrogen-bond donors (Lipinski definition) is 2. The van der Waals surface area contributed by atoms with Crippen LogP contribution in [0.25, 0.3) is 0 Å². The number of esters is 1. The van der Waals surface area contributed by atoms with Crippen LogP contribution in [-0.4, -0.2) is 22.8 Å². The highest BCUT2D eigenvalue weighted by Crippen LogP contribution is 2.36. The van der Waals surface area contributed by atoms with Crippen molar-refractivity contribution in [3.63, 3.8) is 0 Å². The molecule has 0 saturated heterocycles. The number of hydrogen-bond acceptors (Lipinski definition) is 4.